The van der Waals surface area contributed by atoms with Gasteiger partial charge in [-0.05, 0) is 50.4 Å². The highest BCUT2D eigenvalue weighted by Gasteiger charge is 2.38. The van der Waals surface area contributed by atoms with Crippen LogP contribution in [0.2, 0.25) is 0 Å². The van der Waals surface area contributed by atoms with Crippen molar-refractivity contribution in [3.63, 3.8) is 0 Å². The Labute approximate surface area is 131 Å². The molecular weight excluding hydrogens is 300 g/mol. The van der Waals surface area contributed by atoms with Gasteiger partial charge in [-0.15, -0.1) is 0 Å². The van der Waals surface area contributed by atoms with Gasteiger partial charge in [-0.1, -0.05) is 6.07 Å². The number of nitrogens with one attached hydrogen (secondary N) is 1. The number of sulfone groups is 1. The van der Waals surface area contributed by atoms with Crippen molar-refractivity contribution >= 4 is 15.7 Å². The van der Waals surface area contributed by atoms with E-state index < -0.39 is 9.84 Å². The molecule has 1 N–H and O–H groups in total. The van der Waals surface area contributed by atoms with Gasteiger partial charge in [-0.25, -0.2) is 8.42 Å². The van der Waals surface area contributed by atoms with Crippen molar-refractivity contribution < 1.29 is 13.2 Å². The first-order chi connectivity index (χ1) is 10.4. The van der Waals surface area contributed by atoms with Crippen LogP contribution in [0, 0.1) is 6.92 Å². The molecule has 2 bridgehead atoms. The number of rotatable bonds is 2. The average molecular weight is 322 g/mol. The monoisotopic (exact) mass is 322 g/mol. The van der Waals surface area contributed by atoms with Gasteiger partial charge in [-0.2, -0.15) is 0 Å². The molecule has 0 aromatic heterocycles. The van der Waals surface area contributed by atoms with Crippen LogP contribution in [0.3, 0.4) is 0 Å². The standard InChI is InChI=1S/C16H22N2O3S/c1-11-3-4-12(9-15(11)22(2,20)21)16(19)18-13-5-6-14(18)10-17-8-7-13/h3-4,9,13-14,17H,5-8,10H2,1-2H3. The number of hydrogen-bond acceptors (Lipinski definition) is 4. The maximum Gasteiger partial charge on any atom is 0.254 e. The number of carbonyl (C=O) groups is 1. The largest absolute Gasteiger partial charge is 0.331 e. The molecule has 22 heavy (non-hydrogen) atoms. The molecule has 1 aromatic carbocycles. The minimum absolute atomic E-state index is 0.0406. The molecule has 0 radical (unpaired) electrons. The molecule has 2 heterocycles. The predicted octanol–water partition coefficient (Wildman–Crippen LogP) is 1.37. The van der Waals surface area contributed by atoms with Crippen LogP contribution in [0.25, 0.3) is 0 Å². The first-order valence-corrected chi connectivity index (χ1v) is 9.61. The van der Waals surface area contributed by atoms with Gasteiger partial charge >= 0.3 is 0 Å². The summed E-state index contributed by atoms with van der Waals surface area (Å²) in [7, 11) is -3.32. The fourth-order valence-electron chi connectivity index (χ4n) is 3.60. The van der Waals surface area contributed by atoms with Crippen LogP contribution >= 0.6 is 0 Å². The zero-order valence-corrected chi connectivity index (χ0v) is 13.8. The Kier molecular flexibility index (Phi) is 3.99. The lowest BCUT2D eigenvalue weighted by molar-refractivity contribution is 0.0680. The molecule has 2 fully saturated rings. The Bertz CT molecular complexity index is 685. The van der Waals surface area contributed by atoms with Gasteiger partial charge in [-0.3, -0.25) is 4.79 Å². The average Bonchev–Trinajstić information content (AvgIpc) is 2.70. The summed E-state index contributed by atoms with van der Waals surface area (Å²) in [5.74, 6) is -0.0406. The Morgan fingerprint density at radius 1 is 1.23 bits per heavy atom. The van der Waals surface area contributed by atoms with E-state index in [1.165, 1.54) is 12.3 Å². The molecule has 5 nitrogen and oxygen atoms in total. The fourth-order valence-corrected chi connectivity index (χ4v) is 4.59. The van der Waals surface area contributed by atoms with Gasteiger partial charge in [0.05, 0.1) is 4.90 Å². The quantitative estimate of drug-likeness (QED) is 0.893. The first kappa shape index (κ1) is 15.5. The summed E-state index contributed by atoms with van der Waals surface area (Å²) in [5.41, 5.74) is 1.16. The second-order valence-electron chi connectivity index (χ2n) is 6.34. The Morgan fingerprint density at radius 3 is 2.68 bits per heavy atom. The number of amides is 1. The second-order valence-corrected chi connectivity index (χ2v) is 8.33. The number of fused-ring (bicyclic) bond motifs is 2. The molecule has 3 rings (SSSR count). The van der Waals surface area contributed by atoms with Crippen molar-refractivity contribution in [3.05, 3.63) is 29.3 Å². The number of benzene rings is 1. The van der Waals surface area contributed by atoms with E-state index in [-0.39, 0.29) is 22.9 Å². The third-order valence-corrected chi connectivity index (χ3v) is 5.96. The van der Waals surface area contributed by atoms with E-state index in [1.54, 1.807) is 19.1 Å². The second kappa shape index (κ2) is 5.66. The van der Waals surface area contributed by atoms with Crippen LogP contribution in [0.4, 0.5) is 0 Å². The van der Waals surface area contributed by atoms with Gasteiger partial charge in [0, 0.05) is 30.4 Å². The van der Waals surface area contributed by atoms with E-state index in [0.29, 0.717) is 11.1 Å². The zero-order chi connectivity index (χ0) is 15.9. The summed E-state index contributed by atoms with van der Waals surface area (Å²) < 4.78 is 23.7. The Balaban J connectivity index is 1.96. The normalized spacial score (nSPS) is 25.1. The van der Waals surface area contributed by atoms with Gasteiger partial charge in [0.25, 0.3) is 5.91 Å². The fraction of sp³-hybridized carbons (Fsp3) is 0.562. The van der Waals surface area contributed by atoms with E-state index in [4.69, 9.17) is 0 Å². The van der Waals surface area contributed by atoms with Crippen LogP contribution in [0.15, 0.2) is 23.1 Å². The van der Waals surface area contributed by atoms with Crippen molar-refractivity contribution in [2.75, 3.05) is 19.3 Å². The number of hydrogen-bond donors (Lipinski definition) is 1. The maximum absolute atomic E-state index is 12.9. The van der Waals surface area contributed by atoms with E-state index in [9.17, 15) is 13.2 Å². The molecule has 6 heteroatoms. The topological polar surface area (TPSA) is 66.5 Å². The highest BCUT2D eigenvalue weighted by molar-refractivity contribution is 7.90. The Hall–Kier alpha value is -1.40. The molecule has 2 saturated heterocycles. The minimum Gasteiger partial charge on any atom is -0.331 e. The lowest BCUT2D eigenvalue weighted by Gasteiger charge is -2.28. The molecule has 2 atom stereocenters. The van der Waals surface area contributed by atoms with Crippen molar-refractivity contribution in [1.82, 2.24) is 10.2 Å². The van der Waals surface area contributed by atoms with E-state index in [2.05, 4.69) is 5.32 Å². The molecule has 1 amide bonds. The number of nitrogens with zero attached hydrogens (tertiary/aromatic N) is 1. The molecule has 2 unspecified atom stereocenters. The highest BCUT2D eigenvalue weighted by Crippen LogP contribution is 2.30. The van der Waals surface area contributed by atoms with Gasteiger partial charge in [0.2, 0.25) is 0 Å². The number of carbonyl (C=O) groups excluding carboxylic acids is 1. The highest BCUT2D eigenvalue weighted by atomic mass is 32.2. The summed E-state index contributed by atoms with van der Waals surface area (Å²) in [6, 6.07) is 5.50. The summed E-state index contributed by atoms with van der Waals surface area (Å²) in [6.45, 7) is 3.52. The third kappa shape index (κ3) is 2.77. The number of aryl methyl sites for hydroxylation is 1. The van der Waals surface area contributed by atoms with Crippen molar-refractivity contribution in [3.8, 4) is 0 Å². The van der Waals surface area contributed by atoms with Crippen molar-refractivity contribution in [2.45, 2.75) is 43.2 Å². The molecule has 0 aliphatic carbocycles. The van der Waals surface area contributed by atoms with Crippen LogP contribution in [-0.4, -0.2) is 50.7 Å². The molecule has 2 aliphatic rings. The molecule has 1 aromatic rings. The summed E-state index contributed by atoms with van der Waals surface area (Å²) in [6.07, 6.45) is 4.22. The van der Waals surface area contributed by atoms with Crippen LogP contribution in [0.1, 0.15) is 35.2 Å². The SMILES string of the molecule is Cc1ccc(C(=O)N2C3CCNCC2CC3)cc1S(C)(=O)=O. The van der Waals surface area contributed by atoms with Gasteiger partial charge in [0.1, 0.15) is 0 Å². The van der Waals surface area contributed by atoms with Gasteiger partial charge in [0.15, 0.2) is 9.84 Å². The van der Waals surface area contributed by atoms with E-state index >= 15 is 0 Å². The lowest BCUT2D eigenvalue weighted by Crippen LogP contribution is -2.42. The maximum atomic E-state index is 12.9. The molecule has 0 saturated carbocycles. The van der Waals surface area contributed by atoms with E-state index in [0.717, 1.165) is 32.4 Å². The smallest absolute Gasteiger partial charge is 0.254 e. The summed E-state index contributed by atoms with van der Waals surface area (Å²) in [5, 5.41) is 3.37. The molecule has 120 valence electrons. The van der Waals surface area contributed by atoms with Crippen LogP contribution < -0.4 is 5.32 Å². The van der Waals surface area contributed by atoms with Crippen molar-refractivity contribution in [2.24, 2.45) is 0 Å². The van der Waals surface area contributed by atoms with Crippen molar-refractivity contribution in [1.29, 1.82) is 0 Å². The molecule has 2 aliphatic heterocycles. The predicted molar refractivity (Wildman–Crippen MR) is 84.8 cm³/mol. The molecule has 0 spiro atoms. The molecular formula is C16H22N2O3S. The van der Waals surface area contributed by atoms with E-state index in [1.807, 2.05) is 4.90 Å². The van der Waals surface area contributed by atoms with Gasteiger partial charge < -0.3 is 10.2 Å². The minimum atomic E-state index is -3.32. The first-order valence-electron chi connectivity index (χ1n) is 7.72. The summed E-state index contributed by atoms with van der Waals surface area (Å²) >= 11 is 0. The zero-order valence-electron chi connectivity index (χ0n) is 13.0. The summed E-state index contributed by atoms with van der Waals surface area (Å²) in [4.78, 5) is 15.1. The van der Waals surface area contributed by atoms with Crippen LogP contribution in [0.5, 0.6) is 0 Å². The Morgan fingerprint density at radius 2 is 1.95 bits per heavy atom. The lowest BCUT2D eigenvalue weighted by atomic mass is 10.1. The van der Waals surface area contributed by atoms with Crippen LogP contribution in [-0.2, 0) is 9.84 Å². The third-order valence-electron chi connectivity index (χ3n) is 4.72.